The molecule has 1 N–H and O–H groups in total. The molecule has 0 fully saturated rings. The maximum absolute atomic E-state index is 12.7. The Kier molecular flexibility index (Phi) is 5.85. The van der Waals surface area contributed by atoms with E-state index < -0.39 is 27.9 Å². The Morgan fingerprint density at radius 3 is 2.69 bits per heavy atom. The number of hydrogen-bond acceptors (Lipinski definition) is 7. The molecule has 1 aromatic carbocycles. The van der Waals surface area contributed by atoms with Crippen molar-refractivity contribution < 1.29 is 27.5 Å². The predicted octanol–water partition coefficient (Wildman–Crippen LogP) is 1.91. The van der Waals surface area contributed by atoms with Gasteiger partial charge in [-0.25, -0.2) is 17.7 Å². The molecular formula is C19H21N3O6S. The highest BCUT2D eigenvalue weighted by molar-refractivity contribution is 7.90. The smallest absolute Gasteiger partial charge is 0.269 e. The van der Waals surface area contributed by atoms with Gasteiger partial charge in [-0.2, -0.15) is 0 Å². The first kappa shape index (κ1) is 20.7. The van der Waals surface area contributed by atoms with Crippen LogP contribution >= 0.6 is 0 Å². The number of benzene rings is 1. The van der Waals surface area contributed by atoms with Crippen molar-refractivity contribution in [2.24, 2.45) is 0 Å². The Labute approximate surface area is 168 Å². The fourth-order valence-electron chi connectivity index (χ4n) is 2.92. The van der Waals surface area contributed by atoms with Gasteiger partial charge in [-0.3, -0.25) is 9.59 Å². The maximum atomic E-state index is 12.7. The topological polar surface area (TPSA) is 115 Å². The molecule has 10 heteroatoms. The fourth-order valence-corrected chi connectivity index (χ4v) is 4.71. The number of rotatable bonds is 7. The normalized spacial score (nSPS) is 14.8. The van der Waals surface area contributed by atoms with Crippen molar-refractivity contribution in [3.8, 4) is 5.88 Å². The van der Waals surface area contributed by atoms with Crippen LogP contribution in [0.2, 0.25) is 0 Å². The predicted molar refractivity (Wildman–Crippen MR) is 104 cm³/mol. The zero-order valence-electron chi connectivity index (χ0n) is 16.2. The molecule has 1 aromatic heterocycles. The summed E-state index contributed by atoms with van der Waals surface area (Å²) in [6.45, 7) is 3.83. The van der Waals surface area contributed by atoms with E-state index in [2.05, 4.69) is 10.3 Å². The first-order valence-electron chi connectivity index (χ1n) is 8.88. The van der Waals surface area contributed by atoms with Gasteiger partial charge in [0.25, 0.3) is 21.8 Å². The largest absolute Gasteiger partial charge is 0.474 e. The number of amides is 2. The van der Waals surface area contributed by atoms with Crippen LogP contribution in [-0.2, 0) is 14.8 Å². The zero-order chi connectivity index (χ0) is 21.2. The van der Waals surface area contributed by atoms with Crippen LogP contribution in [0.3, 0.4) is 0 Å². The standard InChI is InChI=1S/C19H21N3O6S/c1-12(2)22-19(24)14-7-6-13(11-16(14)29(22,25)26)17(23)21-15-5-4-8-20-18(15)28-10-9-27-3/h4-8,11-12H,9-10H2,1-3H3,(H,21,23). The lowest BCUT2D eigenvalue weighted by molar-refractivity contribution is 0.0846. The van der Waals surface area contributed by atoms with Crippen molar-refractivity contribution in [2.45, 2.75) is 24.8 Å². The third-order valence-electron chi connectivity index (χ3n) is 4.23. The van der Waals surface area contributed by atoms with Gasteiger partial charge in [0, 0.05) is 24.9 Å². The molecule has 0 aliphatic carbocycles. The molecule has 0 atom stereocenters. The van der Waals surface area contributed by atoms with Crippen LogP contribution in [0.5, 0.6) is 5.88 Å². The minimum absolute atomic E-state index is 0.0558. The summed E-state index contributed by atoms with van der Waals surface area (Å²) < 4.78 is 36.6. The summed E-state index contributed by atoms with van der Waals surface area (Å²) in [6, 6.07) is 6.69. The van der Waals surface area contributed by atoms with Crippen LogP contribution in [0, 0.1) is 0 Å². The monoisotopic (exact) mass is 419 g/mol. The zero-order valence-corrected chi connectivity index (χ0v) is 17.0. The number of fused-ring (bicyclic) bond motifs is 1. The van der Waals surface area contributed by atoms with Gasteiger partial charge in [-0.15, -0.1) is 0 Å². The van der Waals surface area contributed by atoms with Crippen LogP contribution in [0.15, 0.2) is 41.4 Å². The van der Waals surface area contributed by atoms with Crippen molar-refractivity contribution in [3.05, 3.63) is 47.7 Å². The van der Waals surface area contributed by atoms with E-state index in [1.807, 2.05) is 0 Å². The number of anilines is 1. The highest BCUT2D eigenvalue weighted by Crippen LogP contribution is 2.33. The molecule has 1 aliphatic heterocycles. The number of carbonyl (C=O) groups is 2. The summed E-state index contributed by atoms with van der Waals surface area (Å²) >= 11 is 0. The molecule has 0 bridgehead atoms. The summed E-state index contributed by atoms with van der Waals surface area (Å²) in [7, 11) is -2.45. The first-order chi connectivity index (χ1) is 13.8. The highest BCUT2D eigenvalue weighted by atomic mass is 32.2. The van der Waals surface area contributed by atoms with Crippen LogP contribution in [0.25, 0.3) is 0 Å². The number of carbonyl (C=O) groups excluding carboxylic acids is 2. The van der Waals surface area contributed by atoms with Crippen LogP contribution in [-0.4, -0.2) is 55.9 Å². The number of aromatic nitrogens is 1. The summed E-state index contributed by atoms with van der Waals surface area (Å²) in [5.74, 6) is -0.932. The summed E-state index contributed by atoms with van der Waals surface area (Å²) in [5.41, 5.74) is 0.481. The van der Waals surface area contributed by atoms with Crippen molar-refractivity contribution in [1.82, 2.24) is 9.29 Å². The lowest BCUT2D eigenvalue weighted by atomic mass is 10.1. The van der Waals surface area contributed by atoms with Crippen LogP contribution in [0.1, 0.15) is 34.6 Å². The number of ether oxygens (including phenoxy) is 2. The third-order valence-corrected chi connectivity index (χ3v) is 6.22. The van der Waals surface area contributed by atoms with E-state index in [9.17, 15) is 18.0 Å². The van der Waals surface area contributed by atoms with E-state index in [4.69, 9.17) is 9.47 Å². The van der Waals surface area contributed by atoms with Gasteiger partial charge in [-0.05, 0) is 44.2 Å². The van der Waals surface area contributed by atoms with Gasteiger partial charge in [0.2, 0.25) is 5.88 Å². The molecule has 2 heterocycles. The minimum Gasteiger partial charge on any atom is -0.474 e. The maximum Gasteiger partial charge on any atom is 0.269 e. The van der Waals surface area contributed by atoms with Gasteiger partial charge in [0.15, 0.2) is 0 Å². The van der Waals surface area contributed by atoms with Gasteiger partial charge in [-0.1, -0.05) is 0 Å². The minimum atomic E-state index is -3.99. The molecule has 0 saturated carbocycles. The average Bonchev–Trinajstić information content (AvgIpc) is 2.88. The van der Waals surface area contributed by atoms with E-state index in [-0.39, 0.29) is 28.5 Å². The molecule has 2 aromatic rings. The summed E-state index contributed by atoms with van der Waals surface area (Å²) in [4.78, 5) is 29.0. The Hall–Kier alpha value is -2.98. The molecule has 0 spiro atoms. The summed E-state index contributed by atoms with van der Waals surface area (Å²) in [6.07, 6.45) is 1.52. The lowest BCUT2D eigenvalue weighted by Gasteiger charge is -2.18. The van der Waals surface area contributed by atoms with Gasteiger partial charge >= 0.3 is 0 Å². The van der Waals surface area contributed by atoms with E-state index in [1.54, 1.807) is 26.0 Å². The van der Waals surface area contributed by atoms with E-state index in [0.29, 0.717) is 12.3 Å². The molecule has 0 radical (unpaired) electrons. The van der Waals surface area contributed by atoms with Gasteiger partial charge in [0.1, 0.15) is 17.2 Å². The summed E-state index contributed by atoms with van der Waals surface area (Å²) in [5, 5.41) is 2.66. The second-order valence-electron chi connectivity index (χ2n) is 6.56. The number of sulfonamides is 1. The molecule has 3 rings (SSSR count). The van der Waals surface area contributed by atoms with Crippen molar-refractivity contribution in [1.29, 1.82) is 0 Å². The van der Waals surface area contributed by atoms with Crippen molar-refractivity contribution in [3.63, 3.8) is 0 Å². The van der Waals surface area contributed by atoms with Crippen LogP contribution < -0.4 is 10.1 Å². The van der Waals surface area contributed by atoms with Crippen molar-refractivity contribution >= 4 is 27.5 Å². The fraction of sp³-hybridized carbons (Fsp3) is 0.316. The Balaban J connectivity index is 1.87. The molecule has 0 unspecified atom stereocenters. The number of hydrogen-bond donors (Lipinski definition) is 1. The quantitative estimate of drug-likeness (QED) is 0.682. The molecule has 9 nitrogen and oxygen atoms in total. The Morgan fingerprint density at radius 1 is 1.24 bits per heavy atom. The molecular weight excluding hydrogens is 398 g/mol. The number of pyridine rings is 1. The van der Waals surface area contributed by atoms with E-state index >= 15 is 0 Å². The second-order valence-corrected chi connectivity index (χ2v) is 8.35. The second kappa shape index (κ2) is 8.18. The average molecular weight is 419 g/mol. The first-order valence-corrected chi connectivity index (χ1v) is 10.3. The molecule has 29 heavy (non-hydrogen) atoms. The van der Waals surface area contributed by atoms with E-state index in [0.717, 1.165) is 4.31 Å². The van der Waals surface area contributed by atoms with Gasteiger partial charge in [0.05, 0.1) is 12.2 Å². The molecule has 1 aliphatic rings. The Bertz CT molecular complexity index is 1050. The lowest BCUT2D eigenvalue weighted by Crippen LogP contribution is -2.36. The molecule has 154 valence electrons. The number of nitrogens with zero attached hydrogens (tertiary/aromatic N) is 2. The van der Waals surface area contributed by atoms with Gasteiger partial charge < -0.3 is 14.8 Å². The molecule has 2 amide bonds. The number of methoxy groups -OCH3 is 1. The van der Waals surface area contributed by atoms with Crippen LogP contribution in [0.4, 0.5) is 5.69 Å². The third kappa shape index (κ3) is 3.94. The number of nitrogens with one attached hydrogen (secondary N) is 1. The van der Waals surface area contributed by atoms with E-state index in [1.165, 1.54) is 31.5 Å². The highest BCUT2D eigenvalue weighted by Gasteiger charge is 2.42. The molecule has 0 saturated heterocycles. The SMILES string of the molecule is COCCOc1ncccc1NC(=O)c1ccc2c(c1)S(=O)(=O)N(C(C)C)C2=O. The van der Waals surface area contributed by atoms with Crippen molar-refractivity contribution in [2.75, 3.05) is 25.6 Å². The Morgan fingerprint density at radius 2 is 2.00 bits per heavy atom.